The molecule has 0 radical (unpaired) electrons. The molecule has 1 aromatic carbocycles. The van der Waals surface area contributed by atoms with Crippen molar-refractivity contribution >= 4 is 45.6 Å². The smallest absolute Gasteiger partial charge is 0.291 e. The molecule has 0 aliphatic carbocycles. The van der Waals surface area contributed by atoms with Crippen molar-refractivity contribution in [3.63, 3.8) is 0 Å². The molecule has 0 atom stereocenters. The molecule has 0 saturated heterocycles. The third kappa shape index (κ3) is 3.87. The maximum atomic E-state index is 12.3. The SMILES string of the molecule is CSc1ccc(NC(=O)c2ccc(NC(=O)c3ccco3)s2)cc1. The van der Waals surface area contributed by atoms with Crippen molar-refractivity contribution < 1.29 is 14.0 Å². The Labute approximate surface area is 147 Å². The Morgan fingerprint density at radius 2 is 1.79 bits per heavy atom. The standard InChI is InChI=1S/C17H14N2O3S2/c1-23-12-6-4-11(5-7-12)18-17(21)14-8-9-15(24-14)19-16(20)13-3-2-10-22-13/h2-10H,1H3,(H,18,21)(H,19,20). The number of carbonyl (C=O) groups is 2. The lowest BCUT2D eigenvalue weighted by molar-refractivity contribution is 0.0995. The van der Waals surface area contributed by atoms with Gasteiger partial charge in [-0.2, -0.15) is 0 Å². The molecule has 0 aliphatic heterocycles. The summed E-state index contributed by atoms with van der Waals surface area (Å²) in [5, 5.41) is 6.12. The highest BCUT2D eigenvalue weighted by Crippen LogP contribution is 2.24. The van der Waals surface area contributed by atoms with Gasteiger partial charge in [-0.15, -0.1) is 23.1 Å². The molecule has 0 unspecified atom stereocenters. The van der Waals surface area contributed by atoms with Crippen LogP contribution < -0.4 is 10.6 Å². The fraction of sp³-hybridized carbons (Fsp3) is 0.0588. The predicted octanol–water partition coefficient (Wildman–Crippen LogP) is 4.57. The second kappa shape index (κ2) is 7.37. The molecule has 0 saturated carbocycles. The first-order valence-corrected chi connectivity index (χ1v) is 9.10. The van der Waals surface area contributed by atoms with Gasteiger partial charge in [0, 0.05) is 10.6 Å². The zero-order valence-corrected chi connectivity index (χ0v) is 14.4. The van der Waals surface area contributed by atoms with E-state index in [1.54, 1.807) is 36.0 Å². The minimum absolute atomic E-state index is 0.213. The third-order valence-corrected chi connectivity index (χ3v) is 4.90. The van der Waals surface area contributed by atoms with Crippen LogP contribution in [-0.2, 0) is 0 Å². The Bertz CT molecular complexity index is 839. The quantitative estimate of drug-likeness (QED) is 0.656. The van der Waals surface area contributed by atoms with Crippen LogP contribution in [0, 0.1) is 0 Å². The number of hydrogen-bond donors (Lipinski definition) is 2. The first-order valence-electron chi connectivity index (χ1n) is 7.06. The minimum Gasteiger partial charge on any atom is -0.459 e. The normalized spacial score (nSPS) is 10.4. The van der Waals surface area contributed by atoms with E-state index in [2.05, 4.69) is 10.6 Å². The maximum absolute atomic E-state index is 12.3. The van der Waals surface area contributed by atoms with Gasteiger partial charge in [-0.1, -0.05) is 0 Å². The highest BCUT2D eigenvalue weighted by molar-refractivity contribution is 7.98. The highest BCUT2D eigenvalue weighted by Gasteiger charge is 2.13. The largest absolute Gasteiger partial charge is 0.459 e. The summed E-state index contributed by atoms with van der Waals surface area (Å²) >= 11 is 2.85. The summed E-state index contributed by atoms with van der Waals surface area (Å²) in [6.45, 7) is 0. The number of carbonyl (C=O) groups excluding carboxylic acids is 2. The number of benzene rings is 1. The van der Waals surface area contributed by atoms with Gasteiger partial charge in [0.2, 0.25) is 0 Å². The van der Waals surface area contributed by atoms with Crippen molar-refractivity contribution in [1.82, 2.24) is 0 Å². The van der Waals surface area contributed by atoms with Crippen LogP contribution in [0.25, 0.3) is 0 Å². The van der Waals surface area contributed by atoms with Gasteiger partial charge in [-0.3, -0.25) is 9.59 Å². The molecule has 0 aliphatic rings. The summed E-state index contributed by atoms with van der Waals surface area (Å²) in [6, 6.07) is 14.2. The second-order valence-corrected chi connectivity index (χ2v) is 6.74. The lowest BCUT2D eigenvalue weighted by Gasteiger charge is -2.04. The number of anilines is 2. The van der Waals surface area contributed by atoms with Crippen molar-refractivity contribution in [2.45, 2.75) is 4.90 Å². The van der Waals surface area contributed by atoms with Crippen LogP contribution >= 0.6 is 23.1 Å². The average Bonchev–Trinajstić information content (AvgIpc) is 3.27. The summed E-state index contributed by atoms with van der Waals surface area (Å²) in [5.74, 6) is -0.333. The molecule has 7 heteroatoms. The lowest BCUT2D eigenvalue weighted by atomic mass is 10.3. The van der Waals surface area contributed by atoms with E-state index in [-0.39, 0.29) is 17.6 Å². The summed E-state index contributed by atoms with van der Waals surface area (Å²) < 4.78 is 5.03. The molecular formula is C17H14N2O3S2. The molecular weight excluding hydrogens is 344 g/mol. The molecule has 2 amide bonds. The summed E-state index contributed by atoms with van der Waals surface area (Å²) in [7, 11) is 0. The van der Waals surface area contributed by atoms with Gasteiger partial charge < -0.3 is 15.1 Å². The zero-order chi connectivity index (χ0) is 16.9. The van der Waals surface area contributed by atoms with Crippen LogP contribution in [0.1, 0.15) is 20.2 Å². The minimum atomic E-state index is -0.346. The number of nitrogens with one attached hydrogen (secondary N) is 2. The second-order valence-electron chi connectivity index (χ2n) is 4.78. The molecule has 3 rings (SSSR count). The molecule has 2 N–H and O–H groups in total. The number of thiophene rings is 1. The molecule has 122 valence electrons. The fourth-order valence-corrected chi connectivity index (χ4v) is 3.18. The molecule has 2 heterocycles. The zero-order valence-electron chi connectivity index (χ0n) is 12.7. The number of thioether (sulfide) groups is 1. The average molecular weight is 358 g/mol. The van der Waals surface area contributed by atoms with E-state index in [1.807, 2.05) is 30.5 Å². The molecule has 0 spiro atoms. The molecule has 3 aromatic rings. The van der Waals surface area contributed by atoms with E-state index in [1.165, 1.54) is 17.6 Å². The number of furan rings is 1. The van der Waals surface area contributed by atoms with Gasteiger partial charge in [-0.05, 0) is 54.8 Å². The van der Waals surface area contributed by atoms with Crippen LogP contribution in [0.2, 0.25) is 0 Å². The molecule has 24 heavy (non-hydrogen) atoms. The van der Waals surface area contributed by atoms with Crippen molar-refractivity contribution in [1.29, 1.82) is 0 Å². The number of rotatable bonds is 5. The predicted molar refractivity (Wildman–Crippen MR) is 97.2 cm³/mol. The van der Waals surface area contributed by atoms with Gasteiger partial charge in [0.05, 0.1) is 16.1 Å². The molecule has 0 fully saturated rings. The number of hydrogen-bond acceptors (Lipinski definition) is 5. The maximum Gasteiger partial charge on any atom is 0.291 e. The van der Waals surface area contributed by atoms with E-state index in [0.717, 1.165) is 10.6 Å². The van der Waals surface area contributed by atoms with Crippen LogP contribution in [0.5, 0.6) is 0 Å². The third-order valence-electron chi connectivity index (χ3n) is 3.16. The Morgan fingerprint density at radius 1 is 1.00 bits per heavy atom. The monoisotopic (exact) mass is 358 g/mol. The molecule has 0 bridgehead atoms. The van der Waals surface area contributed by atoms with E-state index in [4.69, 9.17) is 4.42 Å². The van der Waals surface area contributed by atoms with E-state index in [0.29, 0.717) is 9.88 Å². The van der Waals surface area contributed by atoms with E-state index >= 15 is 0 Å². The first kappa shape index (κ1) is 16.4. The van der Waals surface area contributed by atoms with Crippen molar-refractivity contribution in [2.75, 3.05) is 16.9 Å². The van der Waals surface area contributed by atoms with Gasteiger partial charge in [-0.25, -0.2) is 0 Å². The molecule has 5 nitrogen and oxygen atoms in total. The first-order chi connectivity index (χ1) is 11.7. The number of amides is 2. The van der Waals surface area contributed by atoms with E-state index < -0.39 is 0 Å². The van der Waals surface area contributed by atoms with Crippen molar-refractivity contribution in [2.24, 2.45) is 0 Å². The van der Waals surface area contributed by atoms with Crippen LogP contribution in [0.4, 0.5) is 10.7 Å². The van der Waals surface area contributed by atoms with Gasteiger partial charge in [0.25, 0.3) is 11.8 Å². The van der Waals surface area contributed by atoms with Crippen molar-refractivity contribution in [3.05, 3.63) is 65.4 Å². The van der Waals surface area contributed by atoms with Gasteiger partial charge in [0.15, 0.2) is 5.76 Å². The van der Waals surface area contributed by atoms with Crippen LogP contribution in [0.3, 0.4) is 0 Å². The Balaban J connectivity index is 1.63. The van der Waals surface area contributed by atoms with Crippen molar-refractivity contribution in [3.8, 4) is 0 Å². The highest BCUT2D eigenvalue weighted by atomic mass is 32.2. The Kier molecular flexibility index (Phi) is 5.02. The van der Waals surface area contributed by atoms with Gasteiger partial charge >= 0.3 is 0 Å². The van der Waals surface area contributed by atoms with E-state index in [9.17, 15) is 9.59 Å². The molecule has 2 aromatic heterocycles. The Hall–Kier alpha value is -2.51. The summed E-state index contributed by atoms with van der Waals surface area (Å²) in [5.41, 5.74) is 0.729. The fourth-order valence-electron chi connectivity index (χ4n) is 1.98. The van der Waals surface area contributed by atoms with Gasteiger partial charge in [0.1, 0.15) is 0 Å². The van der Waals surface area contributed by atoms with Crippen LogP contribution in [-0.4, -0.2) is 18.1 Å². The lowest BCUT2D eigenvalue weighted by Crippen LogP contribution is -2.10. The Morgan fingerprint density at radius 3 is 2.46 bits per heavy atom. The summed E-state index contributed by atoms with van der Waals surface area (Å²) in [6.07, 6.45) is 3.43. The topological polar surface area (TPSA) is 71.3 Å². The summed E-state index contributed by atoms with van der Waals surface area (Å²) in [4.78, 5) is 25.8. The van der Waals surface area contributed by atoms with Crippen LogP contribution in [0.15, 0.2) is 64.1 Å².